The Morgan fingerprint density at radius 2 is 1.65 bits per heavy atom. The number of carbonyl (C=O) groups excluding carboxylic acids is 2. The van der Waals surface area contributed by atoms with E-state index in [2.05, 4.69) is 10.6 Å². The molecule has 0 aromatic heterocycles. The molecule has 2 amide bonds. The Labute approximate surface area is 184 Å². The number of benzene rings is 3. The SMILES string of the molecule is COc1ccc(C2NC(=O)NC(c3ccccc3)=C2C(=O)c2ccccc2)c(Cl)c1O. The van der Waals surface area contributed by atoms with E-state index < -0.39 is 12.1 Å². The lowest BCUT2D eigenvalue weighted by molar-refractivity contribution is 0.102. The summed E-state index contributed by atoms with van der Waals surface area (Å²) in [6.07, 6.45) is 0. The molecule has 0 fully saturated rings. The van der Waals surface area contributed by atoms with Crippen LogP contribution in [0.1, 0.15) is 27.5 Å². The van der Waals surface area contributed by atoms with E-state index in [9.17, 15) is 14.7 Å². The number of nitrogens with one attached hydrogen (secondary N) is 2. The first-order valence-electron chi connectivity index (χ1n) is 9.53. The maximum absolute atomic E-state index is 13.6. The monoisotopic (exact) mass is 434 g/mol. The molecule has 4 rings (SSSR count). The molecule has 0 saturated carbocycles. The summed E-state index contributed by atoms with van der Waals surface area (Å²) in [7, 11) is 1.41. The second-order valence-corrected chi connectivity index (χ2v) is 7.28. The number of halogens is 1. The standard InChI is InChI=1S/C24H19ClN2O4/c1-31-17-13-12-16(19(25)23(17)29)21-18(22(28)15-10-6-3-7-11-15)20(26-24(30)27-21)14-8-4-2-5-9-14/h2-13,21,29H,1H3,(H2,26,27,30). The summed E-state index contributed by atoms with van der Waals surface area (Å²) in [4.78, 5) is 26.2. The highest BCUT2D eigenvalue weighted by Gasteiger charge is 2.35. The molecule has 1 heterocycles. The quantitative estimate of drug-likeness (QED) is 0.508. The highest BCUT2D eigenvalue weighted by atomic mass is 35.5. The second kappa shape index (κ2) is 8.53. The van der Waals surface area contributed by atoms with Gasteiger partial charge in [0, 0.05) is 11.1 Å². The van der Waals surface area contributed by atoms with Gasteiger partial charge < -0.3 is 20.5 Å². The van der Waals surface area contributed by atoms with Crippen molar-refractivity contribution in [2.45, 2.75) is 6.04 Å². The molecule has 3 N–H and O–H groups in total. The van der Waals surface area contributed by atoms with E-state index in [0.717, 1.165) is 0 Å². The number of urea groups is 1. The molecule has 156 valence electrons. The lowest BCUT2D eigenvalue weighted by Crippen LogP contribution is -2.45. The molecule has 0 radical (unpaired) electrons. The first-order valence-corrected chi connectivity index (χ1v) is 9.91. The van der Waals surface area contributed by atoms with Crippen LogP contribution in [-0.4, -0.2) is 24.0 Å². The lowest BCUT2D eigenvalue weighted by atomic mass is 9.87. The van der Waals surface area contributed by atoms with Crippen LogP contribution in [0.5, 0.6) is 11.5 Å². The van der Waals surface area contributed by atoms with Crippen LogP contribution in [0.3, 0.4) is 0 Å². The van der Waals surface area contributed by atoms with Gasteiger partial charge in [-0.05, 0) is 11.6 Å². The van der Waals surface area contributed by atoms with Crippen LogP contribution < -0.4 is 15.4 Å². The zero-order chi connectivity index (χ0) is 22.0. The fourth-order valence-electron chi connectivity index (χ4n) is 3.57. The van der Waals surface area contributed by atoms with Gasteiger partial charge >= 0.3 is 6.03 Å². The number of hydrogen-bond acceptors (Lipinski definition) is 4. The van der Waals surface area contributed by atoms with E-state index in [4.69, 9.17) is 16.3 Å². The summed E-state index contributed by atoms with van der Waals surface area (Å²) in [5.74, 6) is -0.345. The van der Waals surface area contributed by atoms with Crippen LogP contribution in [0, 0.1) is 0 Å². The number of carbonyl (C=O) groups is 2. The molecule has 1 aliphatic heterocycles. The first-order chi connectivity index (χ1) is 15.0. The van der Waals surface area contributed by atoms with E-state index >= 15 is 0 Å². The van der Waals surface area contributed by atoms with Crippen molar-refractivity contribution in [2.75, 3.05) is 7.11 Å². The largest absolute Gasteiger partial charge is 0.503 e. The summed E-state index contributed by atoms with van der Waals surface area (Å²) >= 11 is 6.43. The van der Waals surface area contributed by atoms with E-state index in [0.29, 0.717) is 28.0 Å². The summed E-state index contributed by atoms with van der Waals surface area (Å²) in [6, 6.07) is 19.7. The van der Waals surface area contributed by atoms with Crippen molar-refractivity contribution in [3.05, 3.63) is 100 Å². The number of ether oxygens (including phenoxy) is 1. The molecule has 3 aromatic carbocycles. The third-order valence-corrected chi connectivity index (χ3v) is 5.45. The minimum atomic E-state index is -0.888. The van der Waals surface area contributed by atoms with Gasteiger partial charge in [-0.25, -0.2) is 4.79 Å². The molecule has 1 unspecified atom stereocenters. The van der Waals surface area contributed by atoms with Gasteiger partial charge in [0.25, 0.3) is 0 Å². The van der Waals surface area contributed by atoms with Crippen LogP contribution in [0.4, 0.5) is 4.79 Å². The van der Waals surface area contributed by atoms with Crippen LogP contribution in [0.15, 0.2) is 78.4 Å². The number of amides is 2. The molecule has 31 heavy (non-hydrogen) atoms. The number of phenolic OH excluding ortho intramolecular Hbond substituents is 1. The maximum Gasteiger partial charge on any atom is 0.320 e. The number of Topliss-reactive ketones (excluding diaryl/α,β-unsaturated/α-hetero) is 1. The van der Waals surface area contributed by atoms with E-state index in [1.54, 1.807) is 30.3 Å². The zero-order valence-corrected chi connectivity index (χ0v) is 17.3. The highest BCUT2D eigenvalue weighted by Crippen LogP contribution is 2.42. The summed E-state index contributed by atoms with van der Waals surface area (Å²) < 4.78 is 5.11. The molecule has 7 heteroatoms. The number of rotatable bonds is 5. The fraction of sp³-hybridized carbons (Fsp3) is 0.0833. The van der Waals surface area contributed by atoms with Crippen molar-refractivity contribution in [1.29, 1.82) is 0 Å². The molecule has 6 nitrogen and oxygen atoms in total. The second-order valence-electron chi connectivity index (χ2n) is 6.90. The fourth-order valence-corrected chi connectivity index (χ4v) is 3.84. The zero-order valence-electron chi connectivity index (χ0n) is 16.6. The molecule has 0 spiro atoms. The van der Waals surface area contributed by atoms with Crippen molar-refractivity contribution in [3.63, 3.8) is 0 Å². The highest BCUT2D eigenvalue weighted by molar-refractivity contribution is 6.33. The summed E-state index contributed by atoms with van der Waals surface area (Å²) in [5, 5.41) is 16.0. The van der Waals surface area contributed by atoms with E-state index in [1.807, 2.05) is 36.4 Å². The average Bonchev–Trinajstić information content (AvgIpc) is 2.81. The van der Waals surface area contributed by atoms with Gasteiger partial charge in [-0.3, -0.25) is 4.79 Å². The van der Waals surface area contributed by atoms with Crippen LogP contribution in [-0.2, 0) is 0 Å². The van der Waals surface area contributed by atoms with Crippen LogP contribution in [0.2, 0.25) is 5.02 Å². The van der Waals surface area contributed by atoms with Crippen molar-refractivity contribution in [3.8, 4) is 11.5 Å². The van der Waals surface area contributed by atoms with Gasteiger partial charge in [-0.15, -0.1) is 0 Å². The maximum atomic E-state index is 13.6. The minimum absolute atomic E-state index is 0.00248. The van der Waals surface area contributed by atoms with Gasteiger partial charge in [0.05, 0.1) is 29.4 Å². The summed E-state index contributed by atoms with van der Waals surface area (Å²) in [5.41, 5.74) is 2.21. The lowest BCUT2D eigenvalue weighted by Gasteiger charge is -2.31. The molecule has 1 atom stereocenters. The molecular formula is C24H19ClN2O4. The van der Waals surface area contributed by atoms with Gasteiger partial charge in [-0.2, -0.15) is 0 Å². The number of methoxy groups -OCH3 is 1. The minimum Gasteiger partial charge on any atom is -0.503 e. The van der Waals surface area contributed by atoms with Crippen molar-refractivity contribution in [1.82, 2.24) is 10.6 Å². The third kappa shape index (κ3) is 3.85. The first kappa shape index (κ1) is 20.5. The molecule has 3 aromatic rings. The Morgan fingerprint density at radius 1 is 1.00 bits per heavy atom. The van der Waals surface area contributed by atoms with Crippen molar-refractivity contribution in [2.24, 2.45) is 0 Å². The van der Waals surface area contributed by atoms with Gasteiger partial charge in [0.2, 0.25) is 0 Å². The Bertz CT molecular complexity index is 1180. The Hall–Kier alpha value is -3.77. The van der Waals surface area contributed by atoms with Crippen LogP contribution in [0.25, 0.3) is 5.70 Å². The van der Waals surface area contributed by atoms with Crippen molar-refractivity contribution >= 4 is 29.1 Å². The topological polar surface area (TPSA) is 87.7 Å². The Kier molecular flexibility index (Phi) is 5.64. The van der Waals surface area contributed by atoms with Gasteiger partial charge in [-0.1, -0.05) is 78.3 Å². The van der Waals surface area contributed by atoms with E-state index in [1.165, 1.54) is 13.2 Å². The number of phenols is 1. The molecule has 0 saturated heterocycles. The number of ketones is 1. The number of hydrogen-bond donors (Lipinski definition) is 3. The smallest absolute Gasteiger partial charge is 0.320 e. The summed E-state index contributed by atoms with van der Waals surface area (Å²) in [6.45, 7) is 0. The van der Waals surface area contributed by atoms with Crippen molar-refractivity contribution < 1.29 is 19.4 Å². The number of aromatic hydroxyl groups is 1. The molecule has 0 aliphatic carbocycles. The Morgan fingerprint density at radius 3 is 2.29 bits per heavy atom. The third-order valence-electron chi connectivity index (χ3n) is 5.05. The van der Waals surface area contributed by atoms with Crippen LogP contribution >= 0.6 is 11.6 Å². The van der Waals surface area contributed by atoms with Gasteiger partial charge in [0.15, 0.2) is 17.3 Å². The molecule has 1 aliphatic rings. The van der Waals surface area contributed by atoms with Gasteiger partial charge in [0.1, 0.15) is 0 Å². The predicted octanol–water partition coefficient (Wildman–Crippen LogP) is 4.70. The molecule has 0 bridgehead atoms. The van der Waals surface area contributed by atoms with E-state index in [-0.39, 0.29) is 22.3 Å². The Balaban J connectivity index is 1.96. The average molecular weight is 435 g/mol. The normalized spacial score (nSPS) is 15.8. The predicted molar refractivity (Wildman–Crippen MR) is 118 cm³/mol. The molecular weight excluding hydrogens is 416 g/mol.